The van der Waals surface area contributed by atoms with Crippen LogP contribution < -0.4 is 5.32 Å². The highest BCUT2D eigenvalue weighted by atomic mass is 79.9. The van der Waals surface area contributed by atoms with E-state index in [1.165, 1.54) is 19.3 Å². The maximum absolute atomic E-state index is 12.3. The van der Waals surface area contributed by atoms with Crippen molar-refractivity contribution < 1.29 is 4.79 Å². The fraction of sp³-hybridized carbons (Fsp3) is 0.562. The number of aryl methyl sites for hydroxylation is 1. The summed E-state index contributed by atoms with van der Waals surface area (Å²) in [4.78, 5) is 12.3. The molecule has 1 fully saturated rings. The van der Waals surface area contributed by atoms with E-state index in [0.717, 1.165) is 34.4 Å². The van der Waals surface area contributed by atoms with Gasteiger partial charge in [0.05, 0.1) is 0 Å². The van der Waals surface area contributed by atoms with Crippen molar-refractivity contribution in [2.45, 2.75) is 52.0 Å². The molecule has 0 aliphatic heterocycles. The largest absolute Gasteiger partial charge is 0.349 e. The molecule has 1 saturated carbocycles. The van der Waals surface area contributed by atoms with Crippen LogP contribution in [0.25, 0.3) is 0 Å². The van der Waals surface area contributed by atoms with Crippen molar-refractivity contribution in [1.82, 2.24) is 5.32 Å². The van der Waals surface area contributed by atoms with Gasteiger partial charge in [-0.1, -0.05) is 48.2 Å². The lowest BCUT2D eigenvalue weighted by Crippen LogP contribution is -2.38. The van der Waals surface area contributed by atoms with Crippen LogP contribution in [0.1, 0.15) is 54.9 Å². The maximum Gasteiger partial charge on any atom is 0.251 e. The number of carbonyl (C=O) groups is 1. The van der Waals surface area contributed by atoms with E-state index in [9.17, 15) is 4.79 Å². The first-order chi connectivity index (χ1) is 9.10. The number of nitrogens with one attached hydrogen (secondary N) is 1. The molecule has 0 bridgehead atoms. The van der Waals surface area contributed by atoms with Crippen molar-refractivity contribution in [2.24, 2.45) is 5.92 Å². The number of halogens is 1. The minimum atomic E-state index is 0.0700. The molecule has 2 unspecified atom stereocenters. The van der Waals surface area contributed by atoms with Gasteiger partial charge in [-0.25, -0.2) is 0 Å². The molecule has 0 heterocycles. The van der Waals surface area contributed by atoms with Crippen LogP contribution in [-0.4, -0.2) is 11.9 Å². The zero-order valence-electron chi connectivity index (χ0n) is 11.7. The van der Waals surface area contributed by atoms with Crippen LogP contribution >= 0.6 is 15.9 Å². The Balaban J connectivity index is 2.02. The molecular weight excluding hydrogens is 302 g/mol. The molecule has 0 aromatic heterocycles. The SMILES string of the molecule is CCC1CCCC(NC(=O)c2cc(Br)ccc2C)C1. The van der Waals surface area contributed by atoms with Crippen molar-refractivity contribution in [2.75, 3.05) is 0 Å². The van der Waals surface area contributed by atoms with E-state index in [4.69, 9.17) is 0 Å². The van der Waals surface area contributed by atoms with Gasteiger partial charge in [-0.3, -0.25) is 4.79 Å². The van der Waals surface area contributed by atoms with E-state index in [1.54, 1.807) is 0 Å². The van der Waals surface area contributed by atoms with Crippen molar-refractivity contribution in [1.29, 1.82) is 0 Å². The van der Waals surface area contributed by atoms with Crippen LogP contribution in [0, 0.1) is 12.8 Å². The van der Waals surface area contributed by atoms with E-state index >= 15 is 0 Å². The topological polar surface area (TPSA) is 29.1 Å². The van der Waals surface area contributed by atoms with Crippen molar-refractivity contribution in [3.05, 3.63) is 33.8 Å². The monoisotopic (exact) mass is 323 g/mol. The Labute approximate surface area is 124 Å². The van der Waals surface area contributed by atoms with Gasteiger partial charge in [-0.05, 0) is 43.4 Å². The average Bonchev–Trinajstić information content (AvgIpc) is 2.41. The smallest absolute Gasteiger partial charge is 0.251 e. The molecule has 104 valence electrons. The van der Waals surface area contributed by atoms with Gasteiger partial charge in [0.2, 0.25) is 0 Å². The summed E-state index contributed by atoms with van der Waals surface area (Å²) in [7, 11) is 0. The minimum Gasteiger partial charge on any atom is -0.349 e. The molecule has 1 amide bonds. The van der Waals surface area contributed by atoms with Gasteiger partial charge in [-0.2, -0.15) is 0 Å². The first-order valence-corrected chi connectivity index (χ1v) is 7.96. The zero-order chi connectivity index (χ0) is 13.8. The van der Waals surface area contributed by atoms with E-state index in [0.29, 0.717) is 6.04 Å². The molecule has 2 atom stereocenters. The van der Waals surface area contributed by atoms with E-state index in [-0.39, 0.29) is 5.91 Å². The Morgan fingerprint density at radius 3 is 2.95 bits per heavy atom. The quantitative estimate of drug-likeness (QED) is 0.874. The highest BCUT2D eigenvalue weighted by molar-refractivity contribution is 9.10. The van der Waals surface area contributed by atoms with Crippen molar-refractivity contribution in [3.8, 4) is 0 Å². The predicted molar refractivity (Wildman–Crippen MR) is 82.4 cm³/mol. The second-order valence-electron chi connectivity index (χ2n) is 5.57. The summed E-state index contributed by atoms with van der Waals surface area (Å²) in [5, 5.41) is 3.21. The Morgan fingerprint density at radius 2 is 2.21 bits per heavy atom. The second kappa shape index (κ2) is 6.56. The van der Waals surface area contributed by atoms with Crippen molar-refractivity contribution in [3.63, 3.8) is 0 Å². The number of hydrogen-bond donors (Lipinski definition) is 1. The Kier molecular flexibility index (Phi) is 5.03. The second-order valence-corrected chi connectivity index (χ2v) is 6.49. The molecule has 0 radical (unpaired) electrons. The van der Waals surface area contributed by atoms with Gasteiger partial charge in [0.1, 0.15) is 0 Å². The third-order valence-corrected chi connectivity index (χ3v) is 4.63. The summed E-state index contributed by atoms with van der Waals surface area (Å²) in [6.07, 6.45) is 6.03. The van der Waals surface area contributed by atoms with Crippen LogP contribution in [0.15, 0.2) is 22.7 Å². The molecule has 0 spiro atoms. The van der Waals surface area contributed by atoms with E-state index < -0.39 is 0 Å². The number of hydrogen-bond acceptors (Lipinski definition) is 1. The standard InChI is InChI=1S/C16H22BrNO/c1-3-12-5-4-6-14(9-12)18-16(19)15-10-13(17)8-7-11(15)2/h7-8,10,12,14H,3-6,9H2,1-2H3,(H,18,19). The highest BCUT2D eigenvalue weighted by Gasteiger charge is 2.22. The van der Waals surface area contributed by atoms with E-state index in [1.807, 2.05) is 25.1 Å². The van der Waals surface area contributed by atoms with Gasteiger partial charge < -0.3 is 5.32 Å². The van der Waals surface area contributed by atoms with Crippen LogP contribution in [-0.2, 0) is 0 Å². The molecule has 1 aliphatic carbocycles. The summed E-state index contributed by atoms with van der Waals surface area (Å²) in [6, 6.07) is 6.21. The molecule has 3 heteroatoms. The molecule has 2 nitrogen and oxygen atoms in total. The molecule has 0 saturated heterocycles. The number of carbonyl (C=O) groups excluding carboxylic acids is 1. The van der Waals surface area contributed by atoms with Gasteiger partial charge in [0.15, 0.2) is 0 Å². The predicted octanol–water partition coefficient (Wildman–Crippen LogP) is 4.46. The van der Waals surface area contributed by atoms with Gasteiger partial charge >= 0.3 is 0 Å². The zero-order valence-corrected chi connectivity index (χ0v) is 13.3. The number of benzene rings is 1. The Bertz CT molecular complexity index is 458. The van der Waals surface area contributed by atoms with Gasteiger partial charge in [-0.15, -0.1) is 0 Å². The fourth-order valence-electron chi connectivity index (χ4n) is 2.89. The summed E-state index contributed by atoms with van der Waals surface area (Å²) in [5.41, 5.74) is 1.82. The lowest BCUT2D eigenvalue weighted by molar-refractivity contribution is 0.0918. The number of rotatable bonds is 3. The van der Waals surface area contributed by atoms with Crippen LogP contribution in [0.3, 0.4) is 0 Å². The lowest BCUT2D eigenvalue weighted by Gasteiger charge is -2.29. The molecule has 1 aromatic rings. The molecule has 2 rings (SSSR count). The molecule has 19 heavy (non-hydrogen) atoms. The van der Waals surface area contributed by atoms with Gasteiger partial charge in [0, 0.05) is 16.1 Å². The molecule has 1 aromatic carbocycles. The first-order valence-electron chi connectivity index (χ1n) is 7.17. The van der Waals surface area contributed by atoms with Crippen molar-refractivity contribution >= 4 is 21.8 Å². The third kappa shape index (κ3) is 3.82. The summed E-state index contributed by atoms with van der Waals surface area (Å²) >= 11 is 3.43. The summed E-state index contributed by atoms with van der Waals surface area (Å²) in [5.74, 6) is 0.850. The first kappa shape index (κ1) is 14.6. The van der Waals surface area contributed by atoms with Gasteiger partial charge in [0.25, 0.3) is 5.91 Å². The minimum absolute atomic E-state index is 0.0700. The van der Waals surface area contributed by atoms with Crippen LogP contribution in [0.4, 0.5) is 0 Å². The van der Waals surface area contributed by atoms with E-state index in [2.05, 4.69) is 28.2 Å². The fourth-order valence-corrected chi connectivity index (χ4v) is 3.26. The molecule has 1 N–H and O–H groups in total. The Hall–Kier alpha value is -0.830. The normalized spacial score (nSPS) is 23.1. The third-order valence-electron chi connectivity index (χ3n) is 4.14. The molecular formula is C16H22BrNO. The van der Waals surface area contributed by atoms with Crippen LogP contribution in [0.5, 0.6) is 0 Å². The summed E-state index contributed by atoms with van der Waals surface area (Å²) in [6.45, 7) is 4.23. The summed E-state index contributed by atoms with van der Waals surface area (Å²) < 4.78 is 0.957. The maximum atomic E-state index is 12.3. The van der Waals surface area contributed by atoms with Crippen LogP contribution in [0.2, 0.25) is 0 Å². The lowest BCUT2D eigenvalue weighted by atomic mass is 9.84. The highest BCUT2D eigenvalue weighted by Crippen LogP contribution is 2.27. The molecule has 1 aliphatic rings. The Morgan fingerprint density at radius 1 is 1.42 bits per heavy atom. The number of amides is 1. The average molecular weight is 324 g/mol.